The molecule has 0 saturated carbocycles. The number of piperidine rings is 1. The Balaban J connectivity index is 1.21. The molecule has 8 nitrogen and oxygen atoms in total. The molecule has 1 aliphatic heterocycles. The maximum Gasteiger partial charge on any atom is 0.267 e. The number of nitrogens with one attached hydrogen (secondary N) is 2. The minimum Gasteiger partial charge on any atom is -0.393 e. The molecule has 1 amide bonds. The van der Waals surface area contributed by atoms with Gasteiger partial charge in [0.1, 0.15) is 0 Å². The standard InChI is InChI=1S/C27H30N6O2S2/c1-17-18(2)36-27(29-17)32-25(35)24-7-6-23(37-24)22-8-12-28-26(31-22)30-20-5-3-4-19(16-20)9-13-33-14-10-21(34)11-15-33/h3-8,12,16,21,34H,9-11,13-15H2,1-2H3,(H,28,30,31)(H,29,32,35). The van der Waals surface area contributed by atoms with Crippen LogP contribution in [-0.4, -0.2) is 56.6 Å². The number of rotatable bonds is 8. The number of thiophene rings is 1. The van der Waals surface area contributed by atoms with E-state index in [2.05, 4.69) is 42.6 Å². The van der Waals surface area contributed by atoms with Gasteiger partial charge in [-0.3, -0.25) is 10.1 Å². The quantitative estimate of drug-likeness (QED) is 0.283. The first-order valence-electron chi connectivity index (χ1n) is 12.4. The van der Waals surface area contributed by atoms with E-state index in [4.69, 9.17) is 0 Å². The smallest absolute Gasteiger partial charge is 0.267 e. The highest BCUT2D eigenvalue weighted by Gasteiger charge is 2.17. The summed E-state index contributed by atoms with van der Waals surface area (Å²) in [6.07, 6.45) is 4.25. The number of hydrogen-bond donors (Lipinski definition) is 3. The molecule has 192 valence electrons. The maximum atomic E-state index is 12.7. The third kappa shape index (κ3) is 6.58. The number of aromatic nitrogens is 3. The monoisotopic (exact) mass is 534 g/mol. The van der Waals surface area contributed by atoms with Gasteiger partial charge in [-0.25, -0.2) is 15.0 Å². The summed E-state index contributed by atoms with van der Waals surface area (Å²) in [5.74, 6) is 0.336. The van der Waals surface area contributed by atoms with Crippen LogP contribution in [0.2, 0.25) is 0 Å². The molecule has 1 aromatic carbocycles. The van der Waals surface area contributed by atoms with E-state index in [1.807, 2.05) is 44.2 Å². The van der Waals surface area contributed by atoms with Gasteiger partial charge in [-0.2, -0.15) is 0 Å². The predicted molar refractivity (Wildman–Crippen MR) is 150 cm³/mol. The highest BCUT2D eigenvalue weighted by Crippen LogP contribution is 2.29. The second kappa shape index (κ2) is 11.5. The van der Waals surface area contributed by atoms with Crippen molar-refractivity contribution in [3.8, 4) is 10.6 Å². The number of aryl methyl sites for hydroxylation is 2. The Bertz CT molecular complexity index is 1360. The van der Waals surface area contributed by atoms with Gasteiger partial charge in [-0.1, -0.05) is 12.1 Å². The normalized spacial score (nSPS) is 14.6. The molecule has 1 fully saturated rings. The number of thiazole rings is 1. The van der Waals surface area contributed by atoms with Gasteiger partial charge in [0, 0.05) is 36.4 Å². The molecule has 3 aromatic heterocycles. The van der Waals surface area contributed by atoms with E-state index in [1.165, 1.54) is 28.2 Å². The number of aliphatic hydroxyl groups is 1. The van der Waals surface area contributed by atoms with Crippen molar-refractivity contribution in [3.05, 3.63) is 69.7 Å². The Labute approximate surface area is 224 Å². The van der Waals surface area contributed by atoms with Crippen LogP contribution in [0, 0.1) is 13.8 Å². The number of carbonyl (C=O) groups excluding carboxylic acids is 1. The van der Waals surface area contributed by atoms with Gasteiger partial charge in [-0.15, -0.1) is 22.7 Å². The number of benzene rings is 1. The van der Waals surface area contributed by atoms with Crippen molar-refractivity contribution < 1.29 is 9.90 Å². The van der Waals surface area contributed by atoms with Crippen LogP contribution in [0.3, 0.4) is 0 Å². The Kier molecular flexibility index (Phi) is 7.90. The van der Waals surface area contributed by atoms with Gasteiger partial charge in [0.15, 0.2) is 5.13 Å². The van der Waals surface area contributed by atoms with Crippen LogP contribution in [0.4, 0.5) is 16.8 Å². The molecule has 1 aliphatic rings. The SMILES string of the molecule is Cc1nc(NC(=O)c2ccc(-c3ccnc(Nc4cccc(CCN5CCC(O)CC5)c4)n3)s2)sc1C. The third-order valence-electron chi connectivity index (χ3n) is 6.44. The van der Waals surface area contributed by atoms with Crippen molar-refractivity contribution >= 4 is 45.3 Å². The molecule has 37 heavy (non-hydrogen) atoms. The van der Waals surface area contributed by atoms with Crippen molar-refractivity contribution in [1.82, 2.24) is 19.9 Å². The summed E-state index contributed by atoms with van der Waals surface area (Å²) in [5.41, 5.74) is 3.86. The topological polar surface area (TPSA) is 103 Å². The van der Waals surface area contributed by atoms with Gasteiger partial charge in [0.25, 0.3) is 5.91 Å². The van der Waals surface area contributed by atoms with Crippen molar-refractivity contribution in [2.45, 2.75) is 39.2 Å². The molecule has 1 saturated heterocycles. The summed E-state index contributed by atoms with van der Waals surface area (Å²) in [6, 6.07) is 13.9. The number of hydrogen-bond acceptors (Lipinski definition) is 9. The largest absolute Gasteiger partial charge is 0.393 e. The lowest BCUT2D eigenvalue weighted by Crippen LogP contribution is -2.37. The molecule has 5 rings (SSSR count). The van der Waals surface area contributed by atoms with Gasteiger partial charge < -0.3 is 15.3 Å². The fraction of sp³-hybridized carbons (Fsp3) is 0.333. The van der Waals surface area contributed by atoms with Crippen molar-refractivity contribution in [3.63, 3.8) is 0 Å². The summed E-state index contributed by atoms with van der Waals surface area (Å²) < 4.78 is 0. The number of carbonyl (C=O) groups is 1. The molecular formula is C27H30N6O2S2. The van der Waals surface area contributed by atoms with E-state index in [0.29, 0.717) is 16.0 Å². The van der Waals surface area contributed by atoms with Crippen molar-refractivity contribution in [2.24, 2.45) is 0 Å². The number of likely N-dealkylation sites (tertiary alicyclic amines) is 1. The molecule has 0 spiro atoms. The fourth-order valence-electron chi connectivity index (χ4n) is 4.20. The van der Waals surface area contributed by atoms with Gasteiger partial charge in [0.05, 0.1) is 27.2 Å². The molecule has 0 atom stereocenters. The zero-order valence-corrected chi connectivity index (χ0v) is 22.5. The predicted octanol–water partition coefficient (Wildman–Crippen LogP) is 5.27. The molecule has 4 aromatic rings. The zero-order valence-electron chi connectivity index (χ0n) is 20.9. The lowest BCUT2D eigenvalue weighted by molar-refractivity contribution is 0.0832. The molecule has 0 radical (unpaired) electrons. The lowest BCUT2D eigenvalue weighted by atomic mass is 10.1. The van der Waals surface area contributed by atoms with Crippen LogP contribution in [0.5, 0.6) is 0 Å². The van der Waals surface area contributed by atoms with E-state index in [1.54, 1.807) is 6.20 Å². The summed E-state index contributed by atoms with van der Waals surface area (Å²) in [5, 5.41) is 16.5. The molecule has 4 heterocycles. The van der Waals surface area contributed by atoms with E-state index >= 15 is 0 Å². The first kappa shape index (κ1) is 25.5. The van der Waals surface area contributed by atoms with Gasteiger partial charge in [0.2, 0.25) is 5.95 Å². The molecule has 0 aliphatic carbocycles. The first-order valence-corrected chi connectivity index (χ1v) is 14.0. The van der Waals surface area contributed by atoms with Crippen LogP contribution in [0.15, 0.2) is 48.7 Å². The Morgan fingerprint density at radius 2 is 1.95 bits per heavy atom. The van der Waals surface area contributed by atoms with Gasteiger partial charge in [-0.05, 0) is 69.0 Å². The average Bonchev–Trinajstić information content (AvgIpc) is 3.51. The number of aliphatic hydroxyl groups excluding tert-OH is 1. The van der Waals surface area contributed by atoms with E-state index in [0.717, 1.165) is 65.7 Å². The Morgan fingerprint density at radius 3 is 2.73 bits per heavy atom. The first-order chi connectivity index (χ1) is 17.9. The zero-order chi connectivity index (χ0) is 25.8. The van der Waals surface area contributed by atoms with E-state index < -0.39 is 0 Å². The molecular weight excluding hydrogens is 504 g/mol. The lowest BCUT2D eigenvalue weighted by Gasteiger charge is -2.29. The van der Waals surface area contributed by atoms with Crippen LogP contribution < -0.4 is 10.6 Å². The summed E-state index contributed by atoms with van der Waals surface area (Å²) in [7, 11) is 0. The highest BCUT2D eigenvalue weighted by atomic mass is 32.1. The minimum absolute atomic E-state index is 0.144. The molecule has 10 heteroatoms. The van der Waals surface area contributed by atoms with Gasteiger partial charge >= 0.3 is 0 Å². The second-order valence-electron chi connectivity index (χ2n) is 9.19. The minimum atomic E-state index is -0.171. The van der Waals surface area contributed by atoms with E-state index in [9.17, 15) is 9.90 Å². The maximum absolute atomic E-state index is 12.7. The highest BCUT2D eigenvalue weighted by molar-refractivity contribution is 7.18. The van der Waals surface area contributed by atoms with Crippen LogP contribution >= 0.6 is 22.7 Å². The van der Waals surface area contributed by atoms with Crippen LogP contribution in [0.1, 0.15) is 38.6 Å². The molecule has 3 N–H and O–H groups in total. The molecule has 0 bridgehead atoms. The second-order valence-corrected chi connectivity index (χ2v) is 11.5. The third-order valence-corrected chi connectivity index (χ3v) is 8.54. The number of amides is 1. The average molecular weight is 535 g/mol. The Hall–Kier alpha value is -3.18. The fourth-order valence-corrected chi connectivity index (χ4v) is 5.88. The summed E-state index contributed by atoms with van der Waals surface area (Å²) >= 11 is 2.86. The van der Waals surface area contributed by atoms with Crippen LogP contribution in [0.25, 0.3) is 10.6 Å². The summed E-state index contributed by atoms with van der Waals surface area (Å²) in [4.78, 5) is 31.1. The van der Waals surface area contributed by atoms with E-state index in [-0.39, 0.29) is 12.0 Å². The van der Waals surface area contributed by atoms with Crippen molar-refractivity contribution in [2.75, 3.05) is 30.3 Å². The van der Waals surface area contributed by atoms with Crippen LogP contribution in [-0.2, 0) is 6.42 Å². The summed E-state index contributed by atoms with van der Waals surface area (Å²) in [6.45, 7) is 6.82. The van der Waals surface area contributed by atoms with Crippen molar-refractivity contribution in [1.29, 1.82) is 0 Å². The number of nitrogens with zero attached hydrogens (tertiary/aromatic N) is 4. The number of anilines is 3. The molecule has 0 unspecified atom stereocenters. The Morgan fingerprint density at radius 1 is 1.11 bits per heavy atom.